The number of halogens is 3. The lowest BCUT2D eigenvalue weighted by atomic mass is 10.1. The van der Waals surface area contributed by atoms with E-state index in [1.807, 2.05) is 0 Å². The Balaban J connectivity index is 2.80. The third-order valence-corrected chi connectivity index (χ3v) is 3.60. The van der Waals surface area contributed by atoms with Gasteiger partial charge in [0.05, 0.1) is 0 Å². The smallest absolute Gasteiger partial charge is 0.326 e. The van der Waals surface area contributed by atoms with Gasteiger partial charge in [0.1, 0.15) is 5.25 Å². The van der Waals surface area contributed by atoms with E-state index in [1.54, 1.807) is 37.3 Å². The van der Waals surface area contributed by atoms with E-state index in [4.69, 9.17) is 5.73 Å². The van der Waals surface area contributed by atoms with Gasteiger partial charge in [0.25, 0.3) is 0 Å². The monoisotopic (exact) mass is 249 g/mol. The van der Waals surface area contributed by atoms with Gasteiger partial charge in [-0.15, -0.1) is 11.8 Å². The van der Waals surface area contributed by atoms with Crippen molar-refractivity contribution in [2.75, 3.05) is 0 Å². The Bertz CT molecular complexity index is 313. The highest BCUT2D eigenvalue weighted by Gasteiger charge is 2.43. The van der Waals surface area contributed by atoms with Crippen LogP contribution in [-0.2, 0) is 0 Å². The number of thioether (sulfide) groups is 1. The second-order valence-corrected chi connectivity index (χ2v) is 4.68. The predicted molar refractivity (Wildman–Crippen MR) is 60.4 cm³/mol. The summed E-state index contributed by atoms with van der Waals surface area (Å²) in [6.07, 6.45) is -3.96. The van der Waals surface area contributed by atoms with Crippen LogP contribution in [0.3, 0.4) is 0 Å². The van der Waals surface area contributed by atoms with Crippen molar-refractivity contribution < 1.29 is 13.2 Å². The molecule has 0 aliphatic heterocycles. The Morgan fingerprint density at radius 2 is 1.81 bits per heavy atom. The van der Waals surface area contributed by atoms with E-state index in [0.717, 1.165) is 11.8 Å². The SMILES string of the molecule is CCC(N)C(Sc1ccccc1)C(F)(F)F. The number of alkyl halides is 3. The van der Waals surface area contributed by atoms with Crippen LogP contribution in [0, 0.1) is 0 Å². The van der Waals surface area contributed by atoms with Crippen LogP contribution in [0.1, 0.15) is 13.3 Å². The number of hydrogen-bond acceptors (Lipinski definition) is 2. The van der Waals surface area contributed by atoms with E-state index >= 15 is 0 Å². The Labute approximate surface area is 97.2 Å². The van der Waals surface area contributed by atoms with Crippen LogP contribution in [-0.4, -0.2) is 17.5 Å². The standard InChI is InChI=1S/C11H14F3NS/c1-2-9(15)10(11(12,13)14)16-8-6-4-3-5-7-8/h3-7,9-10H,2,15H2,1H3. The van der Waals surface area contributed by atoms with Crippen molar-refractivity contribution in [3.8, 4) is 0 Å². The highest BCUT2D eigenvalue weighted by molar-refractivity contribution is 8.00. The van der Waals surface area contributed by atoms with Gasteiger partial charge < -0.3 is 5.73 Å². The molecule has 0 saturated heterocycles. The first-order valence-electron chi connectivity index (χ1n) is 4.99. The van der Waals surface area contributed by atoms with Gasteiger partial charge in [-0.2, -0.15) is 13.2 Å². The molecule has 1 aromatic rings. The van der Waals surface area contributed by atoms with Gasteiger partial charge in [-0.1, -0.05) is 25.1 Å². The molecule has 0 spiro atoms. The highest BCUT2D eigenvalue weighted by Crippen LogP contribution is 2.37. The molecule has 0 amide bonds. The first kappa shape index (κ1) is 13.4. The fourth-order valence-corrected chi connectivity index (χ4v) is 2.37. The molecule has 2 atom stereocenters. The Hall–Kier alpha value is -0.680. The van der Waals surface area contributed by atoms with E-state index in [9.17, 15) is 13.2 Å². The summed E-state index contributed by atoms with van der Waals surface area (Å²) in [6, 6.07) is 7.65. The van der Waals surface area contributed by atoms with Gasteiger partial charge in [-0.25, -0.2) is 0 Å². The summed E-state index contributed by atoms with van der Waals surface area (Å²) >= 11 is 0.778. The quantitative estimate of drug-likeness (QED) is 0.827. The number of hydrogen-bond donors (Lipinski definition) is 1. The number of nitrogens with two attached hydrogens (primary N) is 1. The van der Waals surface area contributed by atoms with Crippen LogP contribution in [0.5, 0.6) is 0 Å². The molecule has 1 aromatic carbocycles. The summed E-state index contributed by atoms with van der Waals surface area (Å²) in [4.78, 5) is 0.591. The summed E-state index contributed by atoms with van der Waals surface area (Å²) in [5, 5.41) is -1.54. The van der Waals surface area contributed by atoms with Crippen molar-refractivity contribution in [1.82, 2.24) is 0 Å². The van der Waals surface area contributed by atoms with Crippen molar-refractivity contribution in [2.45, 2.75) is 35.7 Å². The minimum Gasteiger partial charge on any atom is -0.326 e. The zero-order valence-electron chi connectivity index (χ0n) is 8.87. The molecule has 0 saturated carbocycles. The van der Waals surface area contributed by atoms with Gasteiger partial charge >= 0.3 is 6.18 Å². The molecule has 2 unspecified atom stereocenters. The fraction of sp³-hybridized carbons (Fsp3) is 0.455. The van der Waals surface area contributed by atoms with Crippen molar-refractivity contribution in [1.29, 1.82) is 0 Å². The van der Waals surface area contributed by atoms with E-state index in [2.05, 4.69) is 0 Å². The molecule has 0 fully saturated rings. The molecule has 90 valence electrons. The van der Waals surface area contributed by atoms with Crippen LogP contribution < -0.4 is 5.73 Å². The van der Waals surface area contributed by atoms with Crippen molar-refractivity contribution in [3.63, 3.8) is 0 Å². The molecule has 0 heterocycles. The highest BCUT2D eigenvalue weighted by atomic mass is 32.2. The molecule has 0 aliphatic carbocycles. The van der Waals surface area contributed by atoms with Crippen LogP contribution >= 0.6 is 11.8 Å². The average molecular weight is 249 g/mol. The molecular formula is C11H14F3NS. The fourth-order valence-electron chi connectivity index (χ4n) is 1.26. The van der Waals surface area contributed by atoms with Crippen molar-refractivity contribution >= 4 is 11.8 Å². The Morgan fingerprint density at radius 1 is 1.25 bits per heavy atom. The first-order chi connectivity index (χ1) is 7.45. The maximum absolute atomic E-state index is 12.7. The zero-order valence-corrected chi connectivity index (χ0v) is 9.68. The largest absolute Gasteiger partial charge is 0.402 e. The third-order valence-electron chi connectivity index (χ3n) is 2.19. The maximum Gasteiger partial charge on any atom is 0.402 e. The molecule has 1 rings (SSSR count). The van der Waals surface area contributed by atoms with Crippen molar-refractivity contribution in [3.05, 3.63) is 30.3 Å². The predicted octanol–water partition coefficient (Wildman–Crippen LogP) is 3.45. The van der Waals surface area contributed by atoms with E-state index in [-0.39, 0.29) is 0 Å². The minimum atomic E-state index is -4.27. The third kappa shape index (κ3) is 3.72. The summed E-state index contributed by atoms with van der Waals surface area (Å²) in [7, 11) is 0. The van der Waals surface area contributed by atoms with Crippen LogP contribution in [0.25, 0.3) is 0 Å². The van der Waals surface area contributed by atoms with Crippen molar-refractivity contribution in [2.24, 2.45) is 5.73 Å². The molecule has 1 nitrogen and oxygen atoms in total. The number of rotatable bonds is 4. The molecular weight excluding hydrogens is 235 g/mol. The lowest BCUT2D eigenvalue weighted by Crippen LogP contribution is -2.42. The van der Waals surface area contributed by atoms with Gasteiger partial charge in [0, 0.05) is 10.9 Å². The Kier molecular flexibility index (Phi) is 4.68. The van der Waals surface area contributed by atoms with Gasteiger partial charge in [-0.3, -0.25) is 0 Å². The first-order valence-corrected chi connectivity index (χ1v) is 5.87. The summed E-state index contributed by atoms with van der Waals surface area (Å²) in [6.45, 7) is 1.66. The summed E-state index contributed by atoms with van der Waals surface area (Å²) in [5.74, 6) is 0. The molecule has 16 heavy (non-hydrogen) atoms. The molecule has 0 aliphatic rings. The lowest BCUT2D eigenvalue weighted by Gasteiger charge is -2.24. The van der Waals surface area contributed by atoms with Crippen LogP contribution in [0.4, 0.5) is 13.2 Å². The van der Waals surface area contributed by atoms with E-state index < -0.39 is 17.5 Å². The Morgan fingerprint density at radius 3 is 2.25 bits per heavy atom. The second-order valence-electron chi connectivity index (χ2n) is 3.47. The number of benzene rings is 1. The topological polar surface area (TPSA) is 26.0 Å². The second kappa shape index (κ2) is 5.59. The van der Waals surface area contributed by atoms with Crippen LogP contribution in [0.2, 0.25) is 0 Å². The summed E-state index contributed by atoms with van der Waals surface area (Å²) in [5.41, 5.74) is 5.51. The van der Waals surface area contributed by atoms with Gasteiger partial charge in [-0.05, 0) is 18.6 Å². The molecule has 0 bridgehead atoms. The van der Waals surface area contributed by atoms with E-state index in [0.29, 0.717) is 11.3 Å². The molecule has 0 aromatic heterocycles. The lowest BCUT2D eigenvalue weighted by molar-refractivity contribution is -0.132. The van der Waals surface area contributed by atoms with E-state index in [1.165, 1.54) is 0 Å². The molecule has 0 radical (unpaired) electrons. The van der Waals surface area contributed by atoms with Gasteiger partial charge in [0.2, 0.25) is 0 Å². The molecule has 5 heteroatoms. The average Bonchev–Trinajstić information content (AvgIpc) is 2.25. The van der Waals surface area contributed by atoms with Gasteiger partial charge in [0.15, 0.2) is 0 Å². The zero-order chi connectivity index (χ0) is 12.2. The summed E-state index contributed by atoms with van der Waals surface area (Å²) < 4.78 is 38.2. The normalized spacial score (nSPS) is 15.8. The molecule has 2 N–H and O–H groups in total. The van der Waals surface area contributed by atoms with Crippen LogP contribution in [0.15, 0.2) is 35.2 Å². The minimum absolute atomic E-state index is 0.310. The maximum atomic E-state index is 12.7.